The summed E-state index contributed by atoms with van der Waals surface area (Å²) in [4.78, 5) is 24.2. The SMILES string of the molecule is NC(=O)c1c(-c2ccc(F)cc2)nn2c1CN(C=O)CC2. The maximum atomic E-state index is 13.0. The van der Waals surface area contributed by atoms with E-state index in [4.69, 9.17) is 5.73 Å². The Hall–Kier alpha value is -2.70. The van der Waals surface area contributed by atoms with Crippen molar-refractivity contribution in [2.24, 2.45) is 5.73 Å². The Morgan fingerprint density at radius 3 is 2.62 bits per heavy atom. The standard InChI is InChI=1S/C14H13FN4O2/c15-10-3-1-9(2-4-10)13-12(14(16)21)11-7-18(8-20)5-6-19(11)17-13/h1-4,8H,5-7H2,(H2,16,21). The molecule has 2 heterocycles. The molecule has 1 aliphatic heterocycles. The number of nitrogens with zero attached hydrogens (tertiary/aromatic N) is 3. The number of amides is 2. The number of carbonyl (C=O) groups excluding carboxylic acids is 2. The minimum Gasteiger partial charge on any atom is -0.365 e. The summed E-state index contributed by atoms with van der Waals surface area (Å²) >= 11 is 0. The van der Waals surface area contributed by atoms with Gasteiger partial charge in [0.15, 0.2) is 0 Å². The smallest absolute Gasteiger partial charge is 0.252 e. The number of hydrogen-bond acceptors (Lipinski definition) is 3. The molecule has 1 aromatic heterocycles. The van der Waals surface area contributed by atoms with Crippen LogP contribution in [0.3, 0.4) is 0 Å². The van der Waals surface area contributed by atoms with Gasteiger partial charge >= 0.3 is 0 Å². The third-order valence-corrected chi connectivity index (χ3v) is 3.52. The molecule has 0 aliphatic carbocycles. The fourth-order valence-electron chi connectivity index (χ4n) is 2.50. The predicted molar refractivity (Wildman–Crippen MR) is 72.6 cm³/mol. The van der Waals surface area contributed by atoms with Crippen LogP contribution in [0.15, 0.2) is 24.3 Å². The van der Waals surface area contributed by atoms with Crippen molar-refractivity contribution in [3.05, 3.63) is 41.3 Å². The number of halogens is 1. The van der Waals surface area contributed by atoms with Gasteiger partial charge in [0.1, 0.15) is 11.5 Å². The number of rotatable bonds is 3. The summed E-state index contributed by atoms with van der Waals surface area (Å²) in [5, 5.41) is 4.39. The fourth-order valence-corrected chi connectivity index (χ4v) is 2.50. The summed E-state index contributed by atoms with van der Waals surface area (Å²) in [5.41, 5.74) is 7.40. The van der Waals surface area contributed by atoms with Crippen LogP contribution in [-0.4, -0.2) is 33.5 Å². The van der Waals surface area contributed by atoms with Gasteiger partial charge in [0.25, 0.3) is 5.91 Å². The number of aromatic nitrogens is 2. The highest BCUT2D eigenvalue weighted by Gasteiger charge is 2.27. The Balaban J connectivity index is 2.13. The number of nitrogens with two attached hydrogens (primary N) is 1. The maximum absolute atomic E-state index is 13.0. The van der Waals surface area contributed by atoms with Crippen molar-refractivity contribution < 1.29 is 14.0 Å². The van der Waals surface area contributed by atoms with Gasteiger partial charge in [-0.15, -0.1) is 0 Å². The first-order chi connectivity index (χ1) is 10.1. The molecule has 0 spiro atoms. The van der Waals surface area contributed by atoms with E-state index >= 15 is 0 Å². The molecule has 0 unspecified atom stereocenters. The highest BCUT2D eigenvalue weighted by Crippen LogP contribution is 2.27. The lowest BCUT2D eigenvalue weighted by molar-refractivity contribution is -0.119. The molecule has 0 atom stereocenters. The molecule has 0 radical (unpaired) electrons. The van der Waals surface area contributed by atoms with Gasteiger partial charge < -0.3 is 10.6 Å². The summed E-state index contributed by atoms with van der Waals surface area (Å²) in [7, 11) is 0. The van der Waals surface area contributed by atoms with Crippen LogP contribution in [0.5, 0.6) is 0 Å². The van der Waals surface area contributed by atoms with Gasteiger partial charge in [-0.25, -0.2) is 4.39 Å². The zero-order valence-corrected chi connectivity index (χ0v) is 11.1. The number of benzene rings is 1. The zero-order chi connectivity index (χ0) is 15.0. The van der Waals surface area contributed by atoms with E-state index in [9.17, 15) is 14.0 Å². The molecule has 2 amide bonds. The largest absolute Gasteiger partial charge is 0.365 e. The molecule has 1 aliphatic rings. The van der Waals surface area contributed by atoms with Crippen molar-refractivity contribution in [2.75, 3.05) is 6.54 Å². The second kappa shape index (κ2) is 5.01. The first-order valence-electron chi connectivity index (χ1n) is 6.45. The van der Waals surface area contributed by atoms with Crippen LogP contribution in [0, 0.1) is 5.82 Å². The highest BCUT2D eigenvalue weighted by molar-refractivity contribution is 6.00. The summed E-state index contributed by atoms with van der Waals surface area (Å²) < 4.78 is 14.7. The predicted octanol–water partition coefficient (Wildman–Crippen LogP) is 0.760. The molecule has 0 fully saturated rings. The van der Waals surface area contributed by atoms with Gasteiger partial charge in [-0.1, -0.05) is 0 Å². The van der Waals surface area contributed by atoms with E-state index in [-0.39, 0.29) is 17.9 Å². The van der Waals surface area contributed by atoms with E-state index in [1.54, 1.807) is 21.7 Å². The number of carbonyl (C=O) groups is 2. The minimum absolute atomic E-state index is 0.285. The van der Waals surface area contributed by atoms with Gasteiger partial charge in [-0.2, -0.15) is 5.10 Å². The monoisotopic (exact) mass is 288 g/mol. The fraction of sp³-hybridized carbons (Fsp3) is 0.214. The molecular weight excluding hydrogens is 275 g/mol. The van der Waals surface area contributed by atoms with Crippen LogP contribution in [0.1, 0.15) is 16.1 Å². The number of primary amides is 1. The van der Waals surface area contributed by atoms with Gasteiger partial charge in [0.05, 0.1) is 24.3 Å². The van der Waals surface area contributed by atoms with Gasteiger partial charge in [-0.05, 0) is 24.3 Å². The minimum atomic E-state index is -0.608. The summed E-state index contributed by atoms with van der Waals surface area (Å²) in [5.74, 6) is -0.973. The second-order valence-electron chi connectivity index (χ2n) is 4.84. The topological polar surface area (TPSA) is 81.2 Å². The number of fused-ring (bicyclic) bond motifs is 1. The number of hydrogen-bond donors (Lipinski definition) is 1. The molecule has 2 aromatic rings. The summed E-state index contributed by atoms with van der Waals surface area (Å²) in [6.07, 6.45) is 0.735. The van der Waals surface area contributed by atoms with E-state index in [0.717, 1.165) is 6.41 Å². The maximum Gasteiger partial charge on any atom is 0.252 e. The van der Waals surface area contributed by atoms with Crippen LogP contribution in [0.2, 0.25) is 0 Å². The van der Waals surface area contributed by atoms with Crippen molar-refractivity contribution in [3.8, 4) is 11.3 Å². The van der Waals surface area contributed by atoms with Gasteiger partial charge in [0.2, 0.25) is 6.41 Å². The Morgan fingerprint density at radius 1 is 1.29 bits per heavy atom. The van der Waals surface area contributed by atoms with Crippen LogP contribution in [0.4, 0.5) is 4.39 Å². The van der Waals surface area contributed by atoms with Crippen LogP contribution in [-0.2, 0) is 17.9 Å². The van der Waals surface area contributed by atoms with Crippen molar-refractivity contribution in [2.45, 2.75) is 13.1 Å². The molecule has 21 heavy (non-hydrogen) atoms. The van der Waals surface area contributed by atoms with Gasteiger partial charge in [0, 0.05) is 12.1 Å². The lowest BCUT2D eigenvalue weighted by Crippen LogP contribution is -2.34. The van der Waals surface area contributed by atoms with Crippen molar-refractivity contribution in [3.63, 3.8) is 0 Å². The lowest BCUT2D eigenvalue weighted by atomic mass is 10.0. The zero-order valence-electron chi connectivity index (χ0n) is 11.1. The molecular formula is C14H13FN4O2. The molecule has 3 rings (SSSR count). The third kappa shape index (κ3) is 2.26. The van der Waals surface area contributed by atoms with Crippen LogP contribution >= 0.6 is 0 Å². The quantitative estimate of drug-likeness (QED) is 0.847. The Kier molecular flexibility index (Phi) is 3.17. The first kappa shape index (κ1) is 13.3. The van der Waals surface area contributed by atoms with E-state index in [1.807, 2.05) is 0 Å². The summed E-state index contributed by atoms with van der Waals surface area (Å²) in [6, 6.07) is 5.70. The Morgan fingerprint density at radius 2 is 2.00 bits per heavy atom. The van der Waals surface area contributed by atoms with E-state index in [1.165, 1.54) is 12.1 Å². The molecule has 0 saturated carbocycles. The highest BCUT2D eigenvalue weighted by atomic mass is 19.1. The van der Waals surface area contributed by atoms with Crippen LogP contribution < -0.4 is 5.73 Å². The Bertz CT molecular complexity index is 709. The molecule has 0 saturated heterocycles. The van der Waals surface area contributed by atoms with Crippen molar-refractivity contribution in [1.82, 2.24) is 14.7 Å². The van der Waals surface area contributed by atoms with Crippen molar-refractivity contribution >= 4 is 12.3 Å². The molecule has 6 nitrogen and oxygen atoms in total. The normalized spacial score (nSPS) is 13.9. The van der Waals surface area contributed by atoms with Crippen molar-refractivity contribution in [1.29, 1.82) is 0 Å². The van der Waals surface area contributed by atoms with Crippen LogP contribution in [0.25, 0.3) is 11.3 Å². The molecule has 2 N–H and O–H groups in total. The first-order valence-corrected chi connectivity index (χ1v) is 6.45. The lowest BCUT2D eigenvalue weighted by Gasteiger charge is -2.24. The molecule has 7 heteroatoms. The second-order valence-corrected chi connectivity index (χ2v) is 4.84. The van der Waals surface area contributed by atoms with E-state index < -0.39 is 5.91 Å². The molecule has 0 bridgehead atoms. The van der Waals surface area contributed by atoms with Gasteiger partial charge in [-0.3, -0.25) is 14.3 Å². The average Bonchev–Trinajstić information content (AvgIpc) is 2.86. The van der Waals surface area contributed by atoms with E-state index in [0.29, 0.717) is 30.0 Å². The average molecular weight is 288 g/mol. The third-order valence-electron chi connectivity index (χ3n) is 3.52. The molecule has 108 valence electrons. The Labute approximate surface area is 120 Å². The summed E-state index contributed by atoms with van der Waals surface area (Å²) in [6.45, 7) is 1.31. The molecule has 1 aromatic carbocycles. The van der Waals surface area contributed by atoms with E-state index in [2.05, 4.69) is 5.10 Å².